The van der Waals surface area contributed by atoms with Crippen LogP contribution in [-0.2, 0) is 10.7 Å². The Hall–Kier alpha value is -2.87. The number of para-hydroxylation sites is 1. The molecule has 0 aromatic heterocycles. The molecule has 134 valence electrons. The molecule has 0 aliphatic heterocycles. The summed E-state index contributed by atoms with van der Waals surface area (Å²) < 4.78 is 18.3. The monoisotopic (exact) mass is 374 g/mol. The molecule has 0 aliphatic rings. The second-order valence-corrected chi connectivity index (χ2v) is 8.20. The highest BCUT2D eigenvalue weighted by atomic mass is 31.2. The van der Waals surface area contributed by atoms with E-state index in [9.17, 15) is 9.46 Å². The molecule has 0 saturated carbocycles. The van der Waals surface area contributed by atoms with Crippen LogP contribution in [0.5, 0.6) is 5.75 Å². The molecular weight excluding hydrogens is 355 g/mol. The molecule has 0 saturated heterocycles. The molecule has 4 aromatic rings. The lowest BCUT2D eigenvalue weighted by Crippen LogP contribution is -1.97. The molecule has 0 amide bonds. The van der Waals surface area contributed by atoms with Crippen molar-refractivity contribution in [3.8, 4) is 16.9 Å². The lowest BCUT2D eigenvalue weighted by Gasteiger charge is -2.17. The van der Waals surface area contributed by atoms with Crippen LogP contribution in [0.1, 0.15) is 5.56 Å². The summed E-state index contributed by atoms with van der Waals surface area (Å²) in [6.45, 7) is 0. The zero-order valence-electron chi connectivity index (χ0n) is 14.7. The molecule has 0 bridgehead atoms. The molecule has 0 radical (unpaired) electrons. The van der Waals surface area contributed by atoms with E-state index in [0.717, 1.165) is 27.5 Å². The summed E-state index contributed by atoms with van der Waals surface area (Å²) in [7, 11) is -3.83. The SMILES string of the molecule is O=P(O)(Cc1ccccc1)Oc1ccccc1-c1ccc2ccccc2c1. The molecule has 1 N–H and O–H groups in total. The lowest BCUT2D eigenvalue weighted by molar-refractivity contribution is 0.379. The highest BCUT2D eigenvalue weighted by Gasteiger charge is 2.23. The smallest absolute Gasteiger partial charge is 0.381 e. The fourth-order valence-corrected chi connectivity index (χ4v) is 4.35. The number of hydrogen-bond acceptors (Lipinski definition) is 2. The van der Waals surface area contributed by atoms with Crippen LogP contribution in [0.15, 0.2) is 97.1 Å². The Morgan fingerprint density at radius 2 is 1.41 bits per heavy atom. The van der Waals surface area contributed by atoms with Crippen LogP contribution in [0.3, 0.4) is 0 Å². The van der Waals surface area contributed by atoms with Crippen LogP contribution in [0.2, 0.25) is 0 Å². The van der Waals surface area contributed by atoms with Gasteiger partial charge in [0.1, 0.15) is 5.75 Å². The lowest BCUT2D eigenvalue weighted by atomic mass is 10.0. The van der Waals surface area contributed by atoms with Gasteiger partial charge in [-0.25, -0.2) is 4.57 Å². The first-order chi connectivity index (χ1) is 13.1. The average Bonchev–Trinajstić information content (AvgIpc) is 2.68. The normalized spacial score (nSPS) is 13.2. The fourth-order valence-electron chi connectivity index (χ4n) is 3.14. The van der Waals surface area contributed by atoms with Crippen LogP contribution >= 0.6 is 7.60 Å². The highest BCUT2D eigenvalue weighted by Crippen LogP contribution is 2.48. The molecule has 4 heteroatoms. The summed E-state index contributed by atoms with van der Waals surface area (Å²) >= 11 is 0. The largest absolute Gasteiger partial charge is 0.424 e. The van der Waals surface area contributed by atoms with Gasteiger partial charge in [0.15, 0.2) is 0 Å². The first kappa shape index (κ1) is 17.5. The van der Waals surface area contributed by atoms with Gasteiger partial charge in [0.2, 0.25) is 0 Å². The zero-order chi connectivity index (χ0) is 18.7. The summed E-state index contributed by atoms with van der Waals surface area (Å²) in [4.78, 5) is 10.4. The van der Waals surface area contributed by atoms with E-state index in [-0.39, 0.29) is 6.16 Å². The second-order valence-electron chi connectivity index (χ2n) is 6.43. The van der Waals surface area contributed by atoms with E-state index in [2.05, 4.69) is 18.2 Å². The third kappa shape index (κ3) is 4.11. The van der Waals surface area contributed by atoms with Crippen molar-refractivity contribution >= 4 is 18.4 Å². The Kier molecular flexibility index (Phi) is 4.81. The Morgan fingerprint density at radius 1 is 0.741 bits per heavy atom. The molecule has 1 unspecified atom stereocenters. The minimum Gasteiger partial charge on any atom is -0.424 e. The standard InChI is InChI=1S/C23H19O3P/c24-27(25,17-18-8-2-1-3-9-18)26-23-13-7-6-12-22(23)21-15-14-19-10-4-5-11-20(19)16-21/h1-16H,17H2,(H,24,25). The van der Waals surface area contributed by atoms with Crippen LogP contribution in [-0.4, -0.2) is 4.89 Å². The minimum absolute atomic E-state index is 0.0279. The zero-order valence-corrected chi connectivity index (χ0v) is 15.6. The van der Waals surface area contributed by atoms with Crippen molar-refractivity contribution < 1.29 is 14.0 Å². The minimum atomic E-state index is -3.83. The number of benzene rings is 4. The molecule has 27 heavy (non-hydrogen) atoms. The molecule has 1 atom stereocenters. The Balaban J connectivity index is 1.67. The van der Waals surface area contributed by atoms with Gasteiger partial charge in [-0.2, -0.15) is 0 Å². The molecule has 0 spiro atoms. The van der Waals surface area contributed by atoms with E-state index in [1.54, 1.807) is 6.07 Å². The topological polar surface area (TPSA) is 46.5 Å². The third-order valence-corrected chi connectivity index (χ3v) is 5.66. The van der Waals surface area contributed by atoms with Gasteiger partial charge in [0.25, 0.3) is 0 Å². The van der Waals surface area contributed by atoms with E-state index in [4.69, 9.17) is 4.52 Å². The van der Waals surface area contributed by atoms with E-state index in [0.29, 0.717) is 5.75 Å². The molecule has 0 aliphatic carbocycles. The summed E-state index contributed by atoms with van der Waals surface area (Å²) in [5.74, 6) is 0.412. The van der Waals surface area contributed by atoms with Gasteiger partial charge in [-0.15, -0.1) is 0 Å². The summed E-state index contributed by atoms with van der Waals surface area (Å²) in [5.41, 5.74) is 2.51. The fraction of sp³-hybridized carbons (Fsp3) is 0.0435. The average molecular weight is 374 g/mol. The van der Waals surface area contributed by atoms with Crippen molar-refractivity contribution in [1.82, 2.24) is 0 Å². The van der Waals surface area contributed by atoms with Gasteiger partial charge >= 0.3 is 7.60 Å². The van der Waals surface area contributed by atoms with Crippen molar-refractivity contribution in [2.24, 2.45) is 0 Å². The van der Waals surface area contributed by atoms with E-state index < -0.39 is 7.60 Å². The van der Waals surface area contributed by atoms with Gasteiger partial charge in [0, 0.05) is 5.56 Å². The van der Waals surface area contributed by atoms with Crippen molar-refractivity contribution in [1.29, 1.82) is 0 Å². The molecule has 4 rings (SSSR count). The molecule has 0 heterocycles. The van der Waals surface area contributed by atoms with Crippen LogP contribution in [0.4, 0.5) is 0 Å². The molecule has 4 aromatic carbocycles. The first-order valence-corrected chi connectivity index (χ1v) is 10.5. The van der Waals surface area contributed by atoms with Crippen LogP contribution < -0.4 is 4.52 Å². The molecule has 3 nitrogen and oxygen atoms in total. The van der Waals surface area contributed by atoms with Crippen LogP contribution in [0, 0.1) is 0 Å². The van der Waals surface area contributed by atoms with Gasteiger partial charge in [-0.05, 0) is 34.0 Å². The predicted octanol–water partition coefficient (Wildman–Crippen LogP) is 6.27. The Bertz CT molecular complexity index is 1120. The number of rotatable bonds is 5. The second kappa shape index (κ2) is 7.40. The summed E-state index contributed by atoms with van der Waals surface area (Å²) in [6, 6.07) is 30.8. The van der Waals surface area contributed by atoms with Gasteiger partial charge < -0.3 is 9.42 Å². The predicted molar refractivity (Wildman–Crippen MR) is 110 cm³/mol. The van der Waals surface area contributed by atoms with Gasteiger partial charge in [-0.3, -0.25) is 0 Å². The number of fused-ring (bicyclic) bond motifs is 1. The quantitative estimate of drug-likeness (QED) is 0.419. The van der Waals surface area contributed by atoms with Crippen LogP contribution in [0.25, 0.3) is 21.9 Å². The third-order valence-electron chi connectivity index (χ3n) is 4.41. The Morgan fingerprint density at radius 3 is 2.22 bits per heavy atom. The molecule has 0 fully saturated rings. The highest BCUT2D eigenvalue weighted by molar-refractivity contribution is 7.52. The molecular formula is C23H19O3P. The maximum absolute atomic E-state index is 12.7. The van der Waals surface area contributed by atoms with Crippen molar-refractivity contribution in [2.45, 2.75) is 6.16 Å². The number of hydrogen-bond donors (Lipinski definition) is 1. The van der Waals surface area contributed by atoms with E-state index in [1.807, 2.05) is 72.8 Å². The van der Waals surface area contributed by atoms with Crippen molar-refractivity contribution in [3.05, 3.63) is 103 Å². The van der Waals surface area contributed by atoms with E-state index in [1.165, 1.54) is 0 Å². The first-order valence-electron chi connectivity index (χ1n) is 8.74. The van der Waals surface area contributed by atoms with Gasteiger partial charge in [0.05, 0.1) is 6.16 Å². The summed E-state index contributed by atoms with van der Waals surface area (Å²) in [5, 5.41) is 2.26. The van der Waals surface area contributed by atoms with Gasteiger partial charge in [-0.1, -0.05) is 84.9 Å². The van der Waals surface area contributed by atoms with E-state index >= 15 is 0 Å². The van der Waals surface area contributed by atoms with Crippen molar-refractivity contribution in [3.63, 3.8) is 0 Å². The maximum atomic E-state index is 12.7. The maximum Gasteiger partial charge on any atom is 0.381 e. The van der Waals surface area contributed by atoms with Crippen molar-refractivity contribution in [2.75, 3.05) is 0 Å². The summed E-state index contributed by atoms with van der Waals surface area (Å²) in [6.07, 6.45) is -0.0279. The Labute approximate surface area is 158 Å².